The number of anilines is 1. The summed E-state index contributed by atoms with van der Waals surface area (Å²) in [5.41, 5.74) is 2.76. The third-order valence-corrected chi connectivity index (χ3v) is 10.5. The van der Waals surface area contributed by atoms with E-state index in [0.29, 0.717) is 15.6 Å². The highest BCUT2D eigenvalue weighted by Crippen LogP contribution is 2.27. The standard InChI is InChI=1S/C36H37Cl2N3O4S/c1-26-14-20-33(21-15-26)46(44,45)41(32-18-16-29(37)17-19-32)25-35(42)40(24-28-10-7-11-30(38)22-28)34(23-27-8-3-2-4-9-27)36(43)39-31-12-5-6-13-31/h2-4,7-11,14-22,31,34H,5-6,12-13,23-25H2,1H3,(H,39,43). The number of aryl methyl sites for hydroxylation is 1. The third kappa shape index (κ3) is 8.49. The molecule has 7 nitrogen and oxygen atoms in total. The zero-order valence-corrected chi connectivity index (χ0v) is 27.9. The van der Waals surface area contributed by atoms with Crippen LogP contribution in [0.15, 0.2) is 108 Å². The number of carbonyl (C=O) groups excluding carboxylic acids is 2. The van der Waals surface area contributed by atoms with Crippen molar-refractivity contribution in [3.8, 4) is 0 Å². The van der Waals surface area contributed by atoms with Crippen LogP contribution in [0.4, 0.5) is 5.69 Å². The number of hydrogen-bond acceptors (Lipinski definition) is 4. The number of rotatable bonds is 12. The van der Waals surface area contributed by atoms with Crippen LogP contribution in [0.1, 0.15) is 42.4 Å². The summed E-state index contributed by atoms with van der Waals surface area (Å²) in [5, 5.41) is 4.10. The third-order valence-electron chi connectivity index (χ3n) is 8.22. The summed E-state index contributed by atoms with van der Waals surface area (Å²) in [6.45, 7) is 1.38. The molecule has 0 saturated heterocycles. The molecule has 4 aromatic rings. The molecule has 10 heteroatoms. The van der Waals surface area contributed by atoms with Crippen LogP contribution >= 0.6 is 23.2 Å². The molecule has 1 aliphatic carbocycles. The Bertz CT molecular complexity index is 1740. The van der Waals surface area contributed by atoms with Gasteiger partial charge >= 0.3 is 0 Å². The number of benzene rings is 4. The van der Waals surface area contributed by atoms with Gasteiger partial charge < -0.3 is 10.2 Å². The lowest BCUT2D eigenvalue weighted by Gasteiger charge is -2.34. The highest BCUT2D eigenvalue weighted by molar-refractivity contribution is 7.92. The number of carbonyl (C=O) groups is 2. The SMILES string of the molecule is Cc1ccc(S(=O)(=O)N(CC(=O)N(Cc2cccc(Cl)c2)C(Cc2ccccc2)C(=O)NC2CCCC2)c2ccc(Cl)cc2)cc1. The van der Waals surface area contributed by atoms with Crippen LogP contribution in [-0.2, 0) is 32.6 Å². The van der Waals surface area contributed by atoms with Crippen LogP contribution < -0.4 is 9.62 Å². The molecule has 1 aliphatic rings. The van der Waals surface area contributed by atoms with Crippen LogP contribution in [-0.4, -0.2) is 43.8 Å². The minimum absolute atomic E-state index is 0.0291. The van der Waals surface area contributed by atoms with E-state index in [1.807, 2.05) is 43.3 Å². The second kappa shape index (κ2) is 15.2. The van der Waals surface area contributed by atoms with Gasteiger partial charge in [0.15, 0.2) is 0 Å². The lowest BCUT2D eigenvalue weighted by atomic mass is 10.0. The van der Waals surface area contributed by atoms with E-state index in [4.69, 9.17) is 23.2 Å². The molecule has 5 rings (SSSR count). The Morgan fingerprint density at radius 3 is 2.13 bits per heavy atom. The monoisotopic (exact) mass is 677 g/mol. The van der Waals surface area contributed by atoms with Gasteiger partial charge in [0.25, 0.3) is 10.0 Å². The normalized spacial score (nSPS) is 14.1. The Kier molecular flexibility index (Phi) is 11.0. The van der Waals surface area contributed by atoms with E-state index in [1.54, 1.807) is 54.6 Å². The molecule has 1 saturated carbocycles. The zero-order chi connectivity index (χ0) is 32.7. The van der Waals surface area contributed by atoms with Crippen LogP contribution in [0.25, 0.3) is 0 Å². The number of amides is 2. The maximum atomic E-state index is 14.6. The highest BCUT2D eigenvalue weighted by Gasteiger charge is 2.35. The van der Waals surface area contributed by atoms with E-state index >= 15 is 0 Å². The summed E-state index contributed by atoms with van der Waals surface area (Å²) in [5.74, 6) is -0.807. The van der Waals surface area contributed by atoms with Crippen LogP contribution in [0.2, 0.25) is 10.0 Å². The van der Waals surface area contributed by atoms with Crippen molar-refractivity contribution in [2.45, 2.75) is 62.6 Å². The Morgan fingerprint density at radius 1 is 0.826 bits per heavy atom. The van der Waals surface area contributed by atoms with Crippen LogP contribution in [0.5, 0.6) is 0 Å². The summed E-state index contributed by atoms with van der Waals surface area (Å²) in [6, 6.07) is 28.5. The first-order valence-electron chi connectivity index (χ1n) is 15.3. The Balaban J connectivity index is 1.56. The van der Waals surface area contributed by atoms with E-state index < -0.39 is 28.5 Å². The van der Waals surface area contributed by atoms with Crippen molar-refractivity contribution < 1.29 is 18.0 Å². The molecule has 2 amide bonds. The van der Waals surface area contributed by atoms with Crippen molar-refractivity contribution in [1.29, 1.82) is 0 Å². The molecule has 240 valence electrons. The fourth-order valence-electron chi connectivity index (χ4n) is 5.73. The van der Waals surface area contributed by atoms with Gasteiger partial charge in [0, 0.05) is 29.1 Å². The number of nitrogens with zero attached hydrogens (tertiary/aromatic N) is 2. The van der Waals surface area contributed by atoms with Crippen molar-refractivity contribution in [3.05, 3.63) is 130 Å². The second-order valence-electron chi connectivity index (χ2n) is 11.6. The molecule has 4 aromatic carbocycles. The van der Waals surface area contributed by atoms with Gasteiger partial charge in [0.1, 0.15) is 12.6 Å². The lowest BCUT2D eigenvalue weighted by Crippen LogP contribution is -2.54. The lowest BCUT2D eigenvalue weighted by molar-refractivity contribution is -0.140. The van der Waals surface area contributed by atoms with Gasteiger partial charge in [0.05, 0.1) is 10.6 Å². The molecule has 1 fully saturated rings. The predicted octanol–water partition coefficient (Wildman–Crippen LogP) is 7.20. The van der Waals surface area contributed by atoms with Crippen molar-refractivity contribution in [2.75, 3.05) is 10.8 Å². The van der Waals surface area contributed by atoms with Gasteiger partial charge in [-0.2, -0.15) is 0 Å². The van der Waals surface area contributed by atoms with Gasteiger partial charge in [0.2, 0.25) is 11.8 Å². The average molecular weight is 679 g/mol. The molecular weight excluding hydrogens is 641 g/mol. The van der Waals surface area contributed by atoms with Crippen molar-refractivity contribution in [1.82, 2.24) is 10.2 Å². The second-order valence-corrected chi connectivity index (χ2v) is 14.4. The summed E-state index contributed by atoms with van der Waals surface area (Å²) >= 11 is 12.5. The molecule has 1 unspecified atom stereocenters. The van der Waals surface area contributed by atoms with Crippen LogP contribution in [0.3, 0.4) is 0 Å². The van der Waals surface area contributed by atoms with E-state index in [2.05, 4.69) is 5.32 Å². The van der Waals surface area contributed by atoms with E-state index in [1.165, 1.54) is 17.0 Å². The summed E-state index contributed by atoms with van der Waals surface area (Å²) < 4.78 is 29.4. The molecule has 0 spiro atoms. The molecule has 46 heavy (non-hydrogen) atoms. The zero-order valence-electron chi connectivity index (χ0n) is 25.6. The fraction of sp³-hybridized carbons (Fsp3) is 0.278. The first-order valence-corrected chi connectivity index (χ1v) is 17.5. The van der Waals surface area contributed by atoms with E-state index in [0.717, 1.165) is 41.1 Å². The minimum atomic E-state index is -4.19. The molecule has 0 heterocycles. The summed E-state index contributed by atoms with van der Waals surface area (Å²) in [7, 11) is -4.19. The summed E-state index contributed by atoms with van der Waals surface area (Å²) in [4.78, 5) is 30.2. The van der Waals surface area contributed by atoms with Crippen LogP contribution in [0, 0.1) is 6.92 Å². The number of halogens is 2. The van der Waals surface area contributed by atoms with Crippen molar-refractivity contribution >= 4 is 50.7 Å². The number of sulfonamides is 1. The van der Waals surface area contributed by atoms with Gasteiger partial charge in [-0.25, -0.2) is 8.42 Å². The average Bonchev–Trinajstić information content (AvgIpc) is 3.55. The van der Waals surface area contributed by atoms with Crippen molar-refractivity contribution in [3.63, 3.8) is 0 Å². The van der Waals surface area contributed by atoms with E-state index in [-0.39, 0.29) is 35.5 Å². The Labute approximate surface area is 281 Å². The topological polar surface area (TPSA) is 86.8 Å². The molecule has 0 radical (unpaired) electrons. The molecule has 0 aromatic heterocycles. The highest BCUT2D eigenvalue weighted by atomic mass is 35.5. The maximum absolute atomic E-state index is 14.6. The maximum Gasteiger partial charge on any atom is 0.264 e. The quantitative estimate of drug-likeness (QED) is 0.172. The first kappa shape index (κ1) is 33.5. The number of hydrogen-bond donors (Lipinski definition) is 1. The smallest absolute Gasteiger partial charge is 0.264 e. The number of nitrogens with one attached hydrogen (secondary N) is 1. The van der Waals surface area contributed by atoms with Gasteiger partial charge in [-0.1, -0.05) is 96.2 Å². The fourth-order valence-corrected chi connectivity index (χ4v) is 7.48. The van der Waals surface area contributed by atoms with Gasteiger partial charge in [-0.3, -0.25) is 13.9 Å². The minimum Gasteiger partial charge on any atom is -0.352 e. The van der Waals surface area contributed by atoms with E-state index in [9.17, 15) is 18.0 Å². The van der Waals surface area contributed by atoms with Gasteiger partial charge in [-0.05, 0) is 79.4 Å². The molecule has 0 aliphatic heterocycles. The molecule has 0 bridgehead atoms. The van der Waals surface area contributed by atoms with Gasteiger partial charge in [-0.15, -0.1) is 0 Å². The largest absolute Gasteiger partial charge is 0.352 e. The molecule has 1 N–H and O–H groups in total. The molecule has 1 atom stereocenters. The molecular formula is C36H37Cl2N3O4S. The Morgan fingerprint density at radius 2 is 1.48 bits per heavy atom. The Hall–Kier alpha value is -3.85. The first-order chi connectivity index (χ1) is 22.1. The summed E-state index contributed by atoms with van der Waals surface area (Å²) in [6.07, 6.45) is 4.08. The predicted molar refractivity (Wildman–Crippen MR) is 183 cm³/mol. The van der Waals surface area contributed by atoms with Crippen molar-refractivity contribution in [2.24, 2.45) is 0 Å².